The molecule has 0 aromatic heterocycles. The number of unbranched alkanes of at least 4 members (excludes halogenated alkanes) is 44. The molecule has 3 unspecified atom stereocenters. The predicted molar refractivity (Wildman–Crippen MR) is 360 cm³/mol. The van der Waals surface area contributed by atoms with Gasteiger partial charge in [-0.05, 0) is 89.5 Å². The fourth-order valence-electron chi connectivity index (χ4n) is 10.7. The standard InChI is InChI=1S/C73H139N2O7P/c1-7-10-13-16-19-22-25-27-29-31-33-35-37-39-41-43-45-47-50-53-56-59-62-65-72(76)74-70(69-81-83(78,79)80-68-67-75(4,5)6)71(64-61-58-55-52-49-24-21-18-15-12-9-3)82-73(77)66-63-60-57-54-51-48-46-44-42-40-38-36-34-32-30-28-26-23-20-17-14-11-8-2/h20,23,27-30,61,64,70-71H,7-19,21-22,24-26,31-60,62-63,65-69H2,1-6H3,(H-,74,76,78,79)/p+1/b23-20-,29-27+,30-28-,64-61+. The van der Waals surface area contributed by atoms with Crippen LogP contribution < -0.4 is 5.32 Å². The Morgan fingerprint density at radius 3 is 1.12 bits per heavy atom. The average molecular weight is 1190 g/mol. The van der Waals surface area contributed by atoms with E-state index in [0.29, 0.717) is 23.9 Å². The minimum atomic E-state index is -4.45. The normalized spacial score (nSPS) is 13.8. The molecule has 488 valence electrons. The molecule has 2 N–H and O–H groups in total. The predicted octanol–water partition coefficient (Wildman–Crippen LogP) is 22.8. The van der Waals surface area contributed by atoms with Crippen LogP contribution in [0.15, 0.2) is 48.6 Å². The molecule has 0 aromatic carbocycles. The van der Waals surface area contributed by atoms with E-state index in [2.05, 4.69) is 62.5 Å². The van der Waals surface area contributed by atoms with E-state index in [1.807, 2.05) is 33.3 Å². The second kappa shape index (κ2) is 63.0. The fourth-order valence-corrected chi connectivity index (χ4v) is 11.4. The molecule has 3 atom stereocenters. The molecule has 83 heavy (non-hydrogen) atoms. The number of hydrogen-bond donors (Lipinski definition) is 2. The van der Waals surface area contributed by atoms with Crippen molar-refractivity contribution in [2.24, 2.45) is 0 Å². The third-order valence-electron chi connectivity index (χ3n) is 16.2. The number of quaternary nitrogens is 1. The first kappa shape index (κ1) is 81.0. The highest BCUT2D eigenvalue weighted by Gasteiger charge is 2.30. The molecule has 0 aliphatic rings. The molecule has 0 saturated carbocycles. The minimum absolute atomic E-state index is 0.0417. The summed E-state index contributed by atoms with van der Waals surface area (Å²) in [6.07, 6.45) is 79.8. The maximum Gasteiger partial charge on any atom is 0.472 e. The highest BCUT2D eigenvalue weighted by Crippen LogP contribution is 2.43. The number of nitrogens with one attached hydrogen (secondary N) is 1. The molecule has 0 bridgehead atoms. The van der Waals surface area contributed by atoms with Gasteiger partial charge in [0, 0.05) is 12.8 Å². The Kier molecular flexibility index (Phi) is 61.5. The maximum absolute atomic E-state index is 13.6. The number of ether oxygens (including phenoxy) is 1. The highest BCUT2D eigenvalue weighted by molar-refractivity contribution is 7.47. The Balaban J connectivity index is 5.00. The first-order chi connectivity index (χ1) is 40.4. The van der Waals surface area contributed by atoms with Crippen LogP contribution in [0.5, 0.6) is 0 Å². The maximum atomic E-state index is 13.6. The summed E-state index contributed by atoms with van der Waals surface area (Å²) >= 11 is 0. The van der Waals surface area contributed by atoms with Gasteiger partial charge in [-0.2, -0.15) is 0 Å². The van der Waals surface area contributed by atoms with Crippen LogP contribution in [0.3, 0.4) is 0 Å². The first-order valence-electron chi connectivity index (χ1n) is 36.0. The quantitative estimate of drug-likeness (QED) is 0.0205. The van der Waals surface area contributed by atoms with E-state index in [-0.39, 0.29) is 25.1 Å². The zero-order valence-electron chi connectivity index (χ0n) is 56.0. The summed E-state index contributed by atoms with van der Waals surface area (Å²) in [4.78, 5) is 37.9. The smallest absolute Gasteiger partial charge is 0.456 e. The van der Waals surface area contributed by atoms with Gasteiger partial charge in [0.2, 0.25) is 5.91 Å². The second-order valence-electron chi connectivity index (χ2n) is 25.8. The molecule has 0 heterocycles. The topological polar surface area (TPSA) is 111 Å². The van der Waals surface area contributed by atoms with Gasteiger partial charge in [-0.25, -0.2) is 4.57 Å². The summed E-state index contributed by atoms with van der Waals surface area (Å²) in [5.74, 6) is -0.491. The van der Waals surface area contributed by atoms with Crippen LogP contribution in [-0.4, -0.2) is 74.3 Å². The van der Waals surface area contributed by atoms with Gasteiger partial charge < -0.3 is 19.4 Å². The van der Waals surface area contributed by atoms with Crippen molar-refractivity contribution in [3.63, 3.8) is 0 Å². The summed E-state index contributed by atoms with van der Waals surface area (Å²) in [5.41, 5.74) is 0. The third-order valence-corrected chi connectivity index (χ3v) is 17.2. The lowest BCUT2D eigenvalue weighted by atomic mass is 10.0. The summed E-state index contributed by atoms with van der Waals surface area (Å²) in [6.45, 7) is 7.03. The molecule has 0 radical (unpaired) electrons. The number of hydrogen-bond acceptors (Lipinski definition) is 6. The lowest BCUT2D eigenvalue weighted by Crippen LogP contribution is -2.47. The Bertz CT molecular complexity index is 1560. The number of allylic oxidation sites excluding steroid dienone is 7. The van der Waals surface area contributed by atoms with Gasteiger partial charge in [0.15, 0.2) is 0 Å². The van der Waals surface area contributed by atoms with Gasteiger partial charge in [-0.1, -0.05) is 301 Å². The number of amides is 1. The lowest BCUT2D eigenvalue weighted by Gasteiger charge is -2.27. The van der Waals surface area contributed by atoms with Crippen LogP contribution in [0.25, 0.3) is 0 Å². The van der Waals surface area contributed by atoms with Crippen molar-refractivity contribution in [2.75, 3.05) is 40.9 Å². The lowest BCUT2D eigenvalue weighted by molar-refractivity contribution is -0.870. The SMILES string of the molecule is CCCCC/C=C\C/C=C\CCCCCCCCCCCCCCCC(=O)OC(/C=C/CCCCCCCCCCC)C(COP(=O)(O)OCC[N+](C)(C)C)NC(=O)CCCCCCCCCCCCCCC/C=C/CCCCCCCC. The van der Waals surface area contributed by atoms with Crippen LogP contribution in [-0.2, 0) is 27.9 Å². The molecular formula is C73H140N2O7P+. The zero-order valence-corrected chi connectivity index (χ0v) is 56.8. The van der Waals surface area contributed by atoms with Crippen molar-refractivity contribution >= 4 is 19.7 Å². The largest absolute Gasteiger partial charge is 0.472 e. The van der Waals surface area contributed by atoms with Crippen molar-refractivity contribution in [3.8, 4) is 0 Å². The molecule has 0 saturated heterocycles. The summed E-state index contributed by atoms with van der Waals surface area (Å²) in [6, 6.07) is -0.847. The summed E-state index contributed by atoms with van der Waals surface area (Å²) < 4.78 is 30.8. The van der Waals surface area contributed by atoms with Crippen LogP contribution >= 0.6 is 7.82 Å². The van der Waals surface area contributed by atoms with E-state index in [9.17, 15) is 19.0 Å². The highest BCUT2D eigenvalue weighted by atomic mass is 31.2. The molecule has 0 aromatic rings. The molecule has 0 rings (SSSR count). The zero-order chi connectivity index (χ0) is 60.7. The van der Waals surface area contributed by atoms with E-state index < -0.39 is 20.0 Å². The van der Waals surface area contributed by atoms with Crippen LogP contribution in [0.2, 0.25) is 0 Å². The number of phosphoric acid groups is 1. The fraction of sp³-hybridized carbons (Fsp3) is 0.863. The number of rotatable bonds is 66. The van der Waals surface area contributed by atoms with E-state index in [1.165, 1.54) is 257 Å². The van der Waals surface area contributed by atoms with E-state index in [1.54, 1.807) is 0 Å². The average Bonchev–Trinajstić information content (AvgIpc) is 3.51. The van der Waals surface area contributed by atoms with Gasteiger partial charge in [0.1, 0.15) is 19.3 Å². The molecular weight excluding hydrogens is 1050 g/mol. The molecule has 9 nitrogen and oxygen atoms in total. The second-order valence-corrected chi connectivity index (χ2v) is 27.2. The van der Waals surface area contributed by atoms with Crippen molar-refractivity contribution < 1.29 is 37.3 Å². The number of nitrogens with zero attached hydrogens (tertiary/aromatic N) is 1. The van der Waals surface area contributed by atoms with Gasteiger partial charge in [0.25, 0.3) is 0 Å². The summed E-state index contributed by atoms with van der Waals surface area (Å²) in [5, 5.41) is 3.07. The molecule has 0 aliphatic heterocycles. The Morgan fingerprint density at radius 2 is 0.735 bits per heavy atom. The van der Waals surface area contributed by atoms with Crippen molar-refractivity contribution in [3.05, 3.63) is 48.6 Å². The van der Waals surface area contributed by atoms with E-state index in [4.69, 9.17) is 13.8 Å². The van der Waals surface area contributed by atoms with Gasteiger partial charge in [-0.15, -0.1) is 0 Å². The molecule has 1 amide bonds. The Hall–Kier alpha value is -2.03. The van der Waals surface area contributed by atoms with E-state index >= 15 is 0 Å². The van der Waals surface area contributed by atoms with Crippen molar-refractivity contribution in [1.82, 2.24) is 5.32 Å². The Morgan fingerprint density at radius 1 is 0.422 bits per heavy atom. The van der Waals surface area contributed by atoms with E-state index in [0.717, 1.165) is 64.2 Å². The number of esters is 1. The number of carbonyl (C=O) groups excluding carboxylic acids is 2. The molecule has 10 heteroatoms. The number of phosphoric ester groups is 1. The van der Waals surface area contributed by atoms with Gasteiger partial charge in [-0.3, -0.25) is 18.6 Å². The molecule has 0 fully saturated rings. The van der Waals surface area contributed by atoms with Crippen LogP contribution in [0, 0.1) is 0 Å². The number of carbonyl (C=O) groups is 2. The monoisotopic (exact) mass is 1190 g/mol. The Labute approximate surface area is 516 Å². The molecule has 0 spiro atoms. The first-order valence-corrected chi connectivity index (χ1v) is 37.5. The third kappa shape index (κ3) is 64.3. The van der Waals surface area contributed by atoms with Crippen LogP contribution in [0.1, 0.15) is 355 Å². The van der Waals surface area contributed by atoms with Crippen molar-refractivity contribution in [1.29, 1.82) is 0 Å². The minimum Gasteiger partial charge on any atom is -0.456 e. The summed E-state index contributed by atoms with van der Waals surface area (Å²) in [7, 11) is 1.51. The molecule has 0 aliphatic carbocycles. The number of likely N-dealkylation sites (N-methyl/N-ethyl adjacent to an activating group) is 1. The van der Waals surface area contributed by atoms with Crippen LogP contribution in [0.4, 0.5) is 0 Å². The van der Waals surface area contributed by atoms with Gasteiger partial charge >= 0.3 is 13.8 Å². The van der Waals surface area contributed by atoms with Crippen molar-refractivity contribution in [2.45, 2.75) is 367 Å². The van der Waals surface area contributed by atoms with Gasteiger partial charge in [0.05, 0.1) is 33.8 Å².